The Labute approximate surface area is 220 Å². The molecule has 0 spiro atoms. The lowest BCUT2D eigenvalue weighted by molar-refractivity contribution is -0.133. The van der Waals surface area contributed by atoms with Crippen LogP contribution in [-0.4, -0.2) is 60.1 Å². The second-order valence-electron chi connectivity index (χ2n) is 10.2. The lowest BCUT2D eigenvalue weighted by atomic mass is 10.1. The van der Waals surface area contributed by atoms with Crippen molar-refractivity contribution in [2.24, 2.45) is 11.8 Å². The average Bonchev–Trinajstić information content (AvgIpc) is 3.20. The van der Waals surface area contributed by atoms with Crippen LogP contribution in [0.4, 0.5) is 0 Å². The summed E-state index contributed by atoms with van der Waals surface area (Å²) < 4.78 is 12.6. The number of para-hydroxylation sites is 2. The van der Waals surface area contributed by atoms with Gasteiger partial charge in [0.15, 0.2) is 11.5 Å². The number of benzene rings is 2. The van der Waals surface area contributed by atoms with Crippen LogP contribution in [0.25, 0.3) is 11.0 Å². The number of aromatic nitrogens is 2. The average molecular weight is 509 g/mol. The molecular weight excluding hydrogens is 468 g/mol. The molecule has 2 aromatic carbocycles. The fourth-order valence-electron chi connectivity index (χ4n) is 4.44. The molecule has 0 saturated carbocycles. The first-order chi connectivity index (χ1) is 17.7. The maximum Gasteiger partial charge on any atom is 0.242 e. The number of nitrogens with one attached hydrogen (secondary N) is 1. The molecule has 0 aliphatic carbocycles. The number of imidazole rings is 1. The topological polar surface area (TPSA) is 85.7 Å². The van der Waals surface area contributed by atoms with Gasteiger partial charge >= 0.3 is 0 Å². The zero-order valence-corrected chi connectivity index (χ0v) is 22.9. The van der Waals surface area contributed by atoms with E-state index >= 15 is 0 Å². The fourth-order valence-corrected chi connectivity index (χ4v) is 4.44. The Kier molecular flexibility index (Phi) is 9.94. The van der Waals surface area contributed by atoms with E-state index in [4.69, 9.17) is 14.5 Å². The molecule has 1 aromatic heterocycles. The Balaban J connectivity index is 1.69. The molecule has 0 saturated heterocycles. The Bertz CT molecular complexity index is 1190. The summed E-state index contributed by atoms with van der Waals surface area (Å²) in [5.41, 5.74) is 2.61. The van der Waals surface area contributed by atoms with Crippen molar-refractivity contribution in [3.63, 3.8) is 0 Å². The molecule has 3 aromatic rings. The van der Waals surface area contributed by atoms with E-state index in [1.165, 1.54) is 0 Å². The lowest BCUT2D eigenvalue weighted by Gasteiger charge is -2.27. The summed E-state index contributed by atoms with van der Waals surface area (Å²) in [6.45, 7) is 10.6. The van der Waals surface area contributed by atoms with E-state index in [9.17, 15) is 9.59 Å². The number of rotatable bonds is 13. The Hall–Kier alpha value is -3.55. The molecule has 1 heterocycles. The van der Waals surface area contributed by atoms with E-state index in [1.54, 1.807) is 20.3 Å². The molecule has 0 atom stereocenters. The van der Waals surface area contributed by atoms with Gasteiger partial charge in [-0.2, -0.15) is 0 Å². The number of ether oxygens (including phenoxy) is 2. The van der Waals surface area contributed by atoms with E-state index < -0.39 is 0 Å². The van der Waals surface area contributed by atoms with Gasteiger partial charge in [-0.25, -0.2) is 4.98 Å². The predicted octanol–water partition coefficient (Wildman–Crippen LogP) is 4.10. The van der Waals surface area contributed by atoms with Crippen molar-refractivity contribution < 1.29 is 19.1 Å². The summed E-state index contributed by atoms with van der Waals surface area (Å²) in [5, 5.41) is 2.99. The van der Waals surface area contributed by atoms with Gasteiger partial charge in [0.2, 0.25) is 11.8 Å². The number of amides is 2. The standard InChI is InChI=1S/C29H40N4O4/c1-20(2)17-32(18-21(3)4)29(35)19-33-24-10-8-7-9-23(24)31-27(33)13-14-30-28(34)16-22-11-12-25(36-5)26(15-22)37-6/h7-12,15,20-21H,13-14,16-19H2,1-6H3,(H,30,34). The molecule has 0 aliphatic rings. The Morgan fingerprint density at radius 3 is 2.30 bits per heavy atom. The second-order valence-corrected chi connectivity index (χ2v) is 10.2. The molecule has 200 valence electrons. The van der Waals surface area contributed by atoms with Crippen LogP contribution in [0.3, 0.4) is 0 Å². The van der Waals surface area contributed by atoms with E-state index in [-0.39, 0.29) is 24.8 Å². The van der Waals surface area contributed by atoms with Gasteiger partial charge in [0.25, 0.3) is 0 Å². The van der Waals surface area contributed by atoms with Gasteiger partial charge in [0.05, 0.1) is 31.7 Å². The van der Waals surface area contributed by atoms with Crippen LogP contribution in [0.15, 0.2) is 42.5 Å². The van der Waals surface area contributed by atoms with Crippen molar-refractivity contribution in [3.8, 4) is 11.5 Å². The molecule has 2 amide bonds. The Morgan fingerprint density at radius 1 is 0.973 bits per heavy atom. The van der Waals surface area contributed by atoms with Gasteiger partial charge in [-0.05, 0) is 41.7 Å². The van der Waals surface area contributed by atoms with Crippen molar-refractivity contribution in [1.82, 2.24) is 19.8 Å². The monoisotopic (exact) mass is 508 g/mol. The van der Waals surface area contributed by atoms with E-state index in [0.717, 1.165) is 35.5 Å². The summed E-state index contributed by atoms with van der Waals surface area (Å²) in [7, 11) is 3.15. The summed E-state index contributed by atoms with van der Waals surface area (Å²) in [6.07, 6.45) is 0.753. The quantitative estimate of drug-likeness (QED) is 0.376. The molecular formula is C29H40N4O4. The molecule has 37 heavy (non-hydrogen) atoms. The summed E-state index contributed by atoms with van der Waals surface area (Å²) in [5.74, 6) is 2.78. The van der Waals surface area contributed by atoms with Crippen LogP contribution in [0.5, 0.6) is 11.5 Å². The largest absolute Gasteiger partial charge is 0.493 e. The molecule has 0 unspecified atom stereocenters. The van der Waals surface area contributed by atoms with Crippen LogP contribution >= 0.6 is 0 Å². The third-order valence-electron chi connectivity index (χ3n) is 6.03. The maximum atomic E-state index is 13.3. The molecule has 3 rings (SSSR count). The minimum atomic E-state index is -0.0917. The second kappa shape index (κ2) is 13.1. The normalized spacial score (nSPS) is 11.2. The van der Waals surface area contributed by atoms with E-state index in [1.807, 2.05) is 45.9 Å². The van der Waals surface area contributed by atoms with Crippen molar-refractivity contribution in [3.05, 3.63) is 53.9 Å². The first-order valence-corrected chi connectivity index (χ1v) is 12.9. The van der Waals surface area contributed by atoms with Gasteiger partial charge < -0.3 is 24.3 Å². The zero-order chi connectivity index (χ0) is 26.9. The number of hydrogen-bond acceptors (Lipinski definition) is 5. The molecule has 1 N–H and O–H groups in total. The maximum absolute atomic E-state index is 13.3. The van der Waals surface area contributed by atoms with Crippen LogP contribution in [-0.2, 0) is 29.0 Å². The summed E-state index contributed by atoms with van der Waals surface area (Å²) in [4.78, 5) is 32.7. The highest BCUT2D eigenvalue weighted by Crippen LogP contribution is 2.27. The van der Waals surface area contributed by atoms with Crippen molar-refractivity contribution in [1.29, 1.82) is 0 Å². The number of methoxy groups -OCH3 is 2. The lowest BCUT2D eigenvalue weighted by Crippen LogP contribution is -2.39. The smallest absolute Gasteiger partial charge is 0.242 e. The number of hydrogen-bond donors (Lipinski definition) is 1. The van der Waals surface area contributed by atoms with Crippen LogP contribution < -0.4 is 14.8 Å². The molecule has 0 bridgehead atoms. The zero-order valence-electron chi connectivity index (χ0n) is 22.9. The highest BCUT2D eigenvalue weighted by atomic mass is 16.5. The van der Waals surface area contributed by atoms with Gasteiger partial charge in [-0.15, -0.1) is 0 Å². The van der Waals surface area contributed by atoms with Crippen molar-refractivity contribution in [2.75, 3.05) is 33.9 Å². The number of nitrogens with zero attached hydrogens (tertiary/aromatic N) is 3. The number of fused-ring (bicyclic) bond motifs is 1. The van der Waals surface area contributed by atoms with Crippen molar-refractivity contribution in [2.45, 2.75) is 47.1 Å². The summed E-state index contributed by atoms with van der Waals surface area (Å²) >= 11 is 0. The predicted molar refractivity (Wildman–Crippen MR) is 146 cm³/mol. The first kappa shape index (κ1) is 28.0. The summed E-state index contributed by atoms with van der Waals surface area (Å²) in [6, 6.07) is 13.3. The van der Waals surface area contributed by atoms with Gasteiger partial charge in [0.1, 0.15) is 12.4 Å². The Morgan fingerprint density at radius 2 is 1.65 bits per heavy atom. The molecule has 0 fully saturated rings. The third kappa shape index (κ3) is 7.71. The van der Waals surface area contributed by atoms with Crippen LogP contribution in [0.2, 0.25) is 0 Å². The van der Waals surface area contributed by atoms with Crippen LogP contribution in [0.1, 0.15) is 39.1 Å². The molecule has 8 nitrogen and oxygen atoms in total. The molecule has 0 radical (unpaired) electrons. The first-order valence-electron chi connectivity index (χ1n) is 12.9. The van der Waals surface area contributed by atoms with E-state index in [2.05, 4.69) is 33.0 Å². The fraction of sp³-hybridized carbons (Fsp3) is 0.483. The number of carbonyl (C=O) groups is 2. The third-order valence-corrected chi connectivity index (χ3v) is 6.03. The molecule has 8 heteroatoms. The van der Waals surface area contributed by atoms with Gasteiger partial charge in [-0.1, -0.05) is 45.9 Å². The minimum Gasteiger partial charge on any atom is -0.493 e. The number of carbonyl (C=O) groups excluding carboxylic acids is 2. The highest BCUT2D eigenvalue weighted by molar-refractivity contribution is 5.81. The SMILES string of the molecule is COc1ccc(CC(=O)NCCc2nc3ccccc3n2CC(=O)N(CC(C)C)CC(C)C)cc1OC. The van der Waals surface area contributed by atoms with Crippen LogP contribution in [0, 0.1) is 11.8 Å². The van der Waals surface area contributed by atoms with E-state index in [0.29, 0.717) is 36.3 Å². The van der Waals surface area contributed by atoms with Gasteiger partial charge in [-0.3, -0.25) is 9.59 Å². The van der Waals surface area contributed by atoms with Crippen molar-refractivity contribution >= 4 is 22.8 Å². The highest BCUT2D eigenvalue weighted by Gasteiger charge is 2.20. The minimum absolute atomic E-state index is 0.0873. The molecule has 0 aliphatic heterocycles. The van der Waals surface area contributed by atoms with Gasteiger partial charge in [0, 0.05) is 26.1 Å².